The fraction of sp³-hybridized carbons (Fsp3) is 0.435. The Hall–Kier alpha value is -3.27. The SMILES string of the molecule is CCNC(=O)[C@@H]1CCCN(c2nc3ncn(CC(=O)Nc4ccccc4CC)c(=O)c3s2)C1. The van der Waals surface area contributed by atoms with Crippen LogP contribution in [0.2, 0.25) is 0 Å². The van der Waals surface area contributed by atoms with Gasteiger partial charge in [0.15, 0.2) is 10.8 Å². The summed E-state index contributed by atoms with van der Waals surface area (Å²) in [6, 6.07) is 7.61. The maximum absolute atomic E-state index is 13.0. The van der Waals surface area contributed by atoms with E-state index in [4.69, 9.17) is 0 Å². The number of aryl methyl sites for hydroxylation is 1. The predicted molar refractivity (Wildman–Crippen MR) is 130 cm³/mol. The molecule has 33 heavy (non-hydrogen) atoms. The van der Waals surface area contributed by atoms with E-state index in [2.05, 4.69) is 20.6 Å². The average Bonchev–Trinajstić information content (AvgIpc) is 3.27. The Labute approximate surface area is 195 Å². The molecule has 0 spiro atoms. The standard InChI is InChI=1S/C23H28N6O3S/c1-3-15-8-5-6-10-17(15)26-18(30)13-29-14-25-20-19(22(29)32)33-23(27-20)28-11-7-9-16(12-28)21(31)24-4-2/h5-6,8,10,14,16H,3-4,7,9,11-13H2,1-2H3,(H,24,31)(H,26,30)/t16-/m1/s1. The number of carbonyl (C=O) groups is 2. The fourth-order valence-electron chi connectivity index (χ4n) is 4.06. The van der Waals surface area contributed by atoms with Crippen molar-refractivity contribution in [3.05, 3.63) is 46.5 Å². The first-order valence-corrected chi connectivity index (χ1v) is 12.1. The van der Waals surface area contributed by atoms with E-state index in [1.807, 2.05) is 43.0 Å². The quantitative estimate of drug-likeness (QED) is 0.551. The number of amides is 2. The summed E-state index contributed by atoms with van der Waals surface area (Å²) in [5, 5.41) is 6.45. The maximum atomic E-state index is 13.0. The first-order chi connectivity index (χ1) is 16.0. The van der Waals surface area contributed by atoms with Crippen molar-refractivity contribution in [1.82, 2.24) is 19.9 Å². The van der Waals surface area contributed by atoms with E-state index in [0.717, 1.165) is 37.1 Å². The topological polar surface area (TPSA) is 109 Å². The Bertz CT molecular complexity index is 1220. The molecule has 1 atom stereocenters. The van der Waals surface area contributed by atoms with Crippen molar-refractivity contribution < 1.29 is 9.59 Å². The van der Waals surface area contributed by atoms with Gasteiger partial charge >= 0.3 is 0 Å². The fourth-order valence-corrected chi connectivity index (χ4v) is 5.07. The summed E-state index contributed by atoms with van der Waals surface area (Å²) in [6.07, 6.45) is 3.89. The van der Waals surface area contributed by atoms with Crippen LogP contribution >= 0.6 is 11.3 Å². The number of piperidine rings is 1. The third kappa shape index (κ3) is 5.05. The Morgan fingerprint density at radius 1 is 1.24 bits per heavy atom. The normalized spacial score (nSPS) is 16.1. The molecule has 2 N–H and O–H groups in total. The molecule has 3 aromatic rings. The molecule has 0 radical (unpaired) electrons. The highest BCUT2D eigenvalue weighted by atomic mass is 32.1. The summed E-state index contributed by atoms with van der Waals surface area (Å²) in [5.41, 5.74) is 1.86. The zero-order chi connectivity index (χ0) is 23.4. The molecule has 4 rings (SSSR count). The molecule has 2 aromatic heterocycles. The third-order valence-electron chi connectivity index (χ3n) is 5.77. The van der Waals surface area contributed by atoms with Crippen LogP contribution in [-0.4, -0.2) is 46.0 Å². The molecule has 0 aliphatic carbocycles. The van der Waals surface area contributed by atoms with Crippen LogP contribution in [0, 0.1) is 5.92 Å². The number of carbonyl (C=O) groups excluding carboxylic acids is 2. The minimum absolute atomic E-state index is 0.0550. The second kappa shape index (κ2) is 10.1. The number of anilines is 2. The highest BCUT2D eigenvalue weighted by Gasteiger charge is 2.27. The zero-order valence-corrected chi connectivity index (χ0v) is 19.7. The first-order valence-electron chi connectivity index (χ1n) is 11.3. The molecule has 1 saturated heterocycles. The highest BCUT2D eigenvalue weighted by Crippen LogP contribution is 2.29. The van der Waals surface area contributed by atoms with Crippen LogP contribution in [0.4, 0.5) is 10.8 Å². The van der Waals surface area contributed by atoms with Crippen molar-refractivity contribution >= 4 is 44.3 Å². The summed E-state index contributed by atoms with van der Waals surface area (Å²) >= 11 is 1.26. The van der Waals surface area contributed by atoms with Gasteiger partial charge in [-0.1, -0.05) is 36.5 Å². The molecular weight excluding hydrogens is 440 g/mol. The van der Waals surface area contributed by atoms with Gasteiger partial charge in [0.1, 0.15) is 17.6 Å². The van der Waals surface area contributed by atoms with Gasteiger partial charge in [0.2, 0.25) is 11.8 Å². The lowest BCUT2D eigenvalue weighted by atomic mass is 9.97. The molecule has 1 aromatic carbocycles. The molecule has 0 bridgehead atoms. The van der Waals surface area contributed by atoms with Crippen LogP contribution in [0.5, 0.6) is 0 Å². The number of hydrogen-bond acceptors (Lipinski definition) is 7. The highest BCUT2D eigenvalue weighted by molar-refractivity contribution is 7.22. The molecule has 3 heterocycles. The summed E-state index contributed by atoms with van der Waals surface area (Å²) in [7, 11) is 0. The van der Waals surface area contributed by atoms with E-state index >= 15 is 0 Å². The third-order valence-corrected chi connectivity index (χ3v) is 6.87. The number of fused-ring (bicyclic) bond motifs is 1. The van der Waals surface area contributed by atoms with E-state index in [1.165, 1.54) is 22.2 Å². The van der Waals surface area contributed by atoms with Crippen LogP contribution < -0.4 is 21.1 Å². The molecule has 9 nitrogen and oxygen atoms in total. The lowest BCUT2D eigenvalue weighted by molar-refractivity contribution is -0.125. The summed E-state index contributed by atoms with van der Waals surface area (Å²) in [4.78, 5) is 48.8. The van der Waals surface area contributed by atoms with Crippen molar-refractivity contribution in [2.24, 2.45) is 5.92 Å². The van der Waals surface area contributed by atoms with E-state index in [9.17, 15) is 14.4 Å². The van der Waals surface area contributed by atoms with E-state index in [-0.39, 0.29) is 29.8 Å². The number of rotatable bonds is 7. The summed E-state index contributed by atoms with van der Waals surface area (Å²) in [6.45, 7) is 5.76. The van der Waals surface area contributed by atoms with Gasteiger partial charge in [-0.05, 0) is 37.8 Å². The van der Waals surface area contributed by atoms with E-state index in [0.29, 0.717) is 28.6 Å². The summed E-state index contributed by atoms with van der Waals surface area (Å²) in [5.74, 6) is -0.325. The monoisotopic (exact) mass is 468 g/mol. The number of nitrogens with one attached hydrogen (secondary N) is 2. The van der Waals surface area contributed by atoms with Crippen LogP contribution in [0.15, 0.2) is 35.4 Å². The lowest BCUT2D eigenvalue weighted by Gasteiger charge is -2.31. The molecule has 10 heteroatoms. The minimum Gasteiger partial charge on any atom is -0.356 e. The van der Waals surface area contributed by atoms with Crippen molar-refractivity contribution in [2.75, 3.05) is 29.9 Å². The van der Waals surface area contributed by atoms with Gasteiger partial charge in [-0.2, -0.15) is 4.98 Å². The van der Waals surface area contributed by atoms with Crippen LogP contribution in [0.25, 0.3) is 10.3 Å². The average molecular weight is 469 g/mol. The van der Waals surface area contributed by atoms with Gasteiger partial charge in [-0.15, -0.1) is 0 Å². The number of hydrogen-bond donors (Lipinski definition) is 2. The van der Waals surface area contributed by atoms with Gasteiger partial charge in [-0.3, -0.25) is 19.0 Å². The Balaban J connectivity index is 1.51. The van der Waals surface area contributed by atoms with Gasteiger partial charge in [0, 0.05) is 25.3 Å². The van der Waals surface area contributed by atoms with Gasteiger partial charge in [0.05, 0.1) is 5.92 Å². The van der Waals surface area contributed by atoms with Crippen LogP contribution in [-0.2, 0) is 22.6 Å². The Morgan fingerprint density at radius 2 is 2.06 bits per heavy atom. The van der Waals surface area contributed by atoms with E-state index < -0.39 is 0 Å². The summed E-state index contributed by atoms with van der Waals surface area (Å²) < 4.78 is 1.72. The minimum atomic E-state index is -0.292. The number of nitrogens with zero attached hydrogens (tertiary/aromatic N) is 4. The molecule has 1 fully saturated rings. The lowest BCUT2D eigenvalue weighted by Crippen LogP contribution is -2.43. The molecule has 0 saturated carbocycles. The second-order valence-electron chi connectivity index (χ2n) is 8.07. The number of aromatic nitrogens is 3. The second-order valence-corrected chi connectivity index (χ2v) is 9.04. The zero-order valence-electron chi connectivity index (χ0n) is 18.8. The Morgan fingerprint density at radius 3 is 2.85 bits per heavy atom. The molecule has 1 aliphatic rings. The first kappa shape index (κ1) is 22.9. The predicted octanol–water partition coefficient (Wildman–Crippen LogP) is 2.41. The molecule has 174 valence electrons. The van der Waals surface area contributed by atoms with Crippen LogP contribution in [0.3, 0.4) is 0 Å². The van der Waals surface area contributed by atoms with Crippen molar-refractivity contribution in [1.29, 1.82) is 0 Å². The molecule has 1 aliphatic heterocycles. The smallest absolute Gasteiger partial charge is 0.273 e. The van der Waals surface area contributed by atoms with E-state index in [1.54, 1.807) is 0 Å². The maximum Gasteiger partial charge on any atom is 0.273 e. The van der Waals surface area contributed by atoms with Crippen LogP contribution in [0.1, 0.15) is 32.3 Å². The largest absolute Gasteiger partial charge is 0.356 e. The van der Waals surface area contributed by atoms with Crippen molar-refractivity contribution in [3.8, 4) is 0 Å². The molecule has 2 amide bonds. The van der Waals surface area contributed by atoms with Gasteiger partial charge < -0.3 is 15.5 Å². The van der Waals surface area contributed by atoms with Crippen molar-refractivity contribution in [2.45, 2.75) is 39.7 Å². The van der Waals surface area contributed by atoms with Gasteiger partial charge in [0.25, 0.3) is 5.56 Å². The molecule has 0 unspecified atom stereocenters. The molecular formula is C23H28N6O3S. The number of thiazole rings is 1. The van der Waals surface area contributed by atoms with Gasteiger partial charge in [-0.25, -0.2) is 4.98 Å². The number of benzene rings is 1. The number of para-hydroxylation sites is 1. The van der Waals surface area contributed by atoms with Crippen molar-refractivity contribution in [3.63, 3.8) is 0 Å². The Kier molecular flexibility index (Phi) is 7.02.